The maximum Gasteiger partial charge on any atom is 0.269 e. The van der Waals surface area contributed by atoms with Crippen LogP contribution in [0.3, 0.4) is 0 Å². The molecule has 3 rings (SSSR count). The number of aryl methyl sites for hydroxylation is 1. The SMILES string of the molecule is Cc1cc([N+](=O)[O-])ccc1NC(=O)c1cccn(Cc2cccc([N+](=O)[O-])c2)c1=O. The largest absolute Gasteiger partial charge is 0.322 e. The predicted octanol–water partition coefficient (Wildman–Crippen LogP) is 3.27. The summed E-state index contributed by atoms with van der Waals surface area (Å²) in [5, 5.41) is 24.3. The highest BCUT2D eigenvalue weighted by Crippen LogP contribution is 2.21. The molecule has 0 bridgehead atoms. The minimum atomic E-state index is -0.662. The maximum atomic E-state index is 12.7. The Kier molecular flexibility index (Phi) is 5.68. The maximum absolute atomic E-state index is 12.7. The van der Waals surface area contributed by atoms with Crippen LogP contribution in [0.15, 0.2) is 65.6 Å². The van der Waals surface area contributed by atoms with Gasteiger partial charge >= 0.3 is 0 Å². The van der Waals surface area contributed by atoms with E-state index in [1.807, 2.05) is 0 Å². The molecule has 3 aromatic rings. The number of nitrogens with zero attached hydrogens (tertiary/aromatic N) is 3. The van der Waals surface area contributed by atoms with E-state index in [9.17, 15) is 29.8 Å². The van der Waals surface area contributed by atoms with E-state index in [-0.39, 0.29) is 23.5 Å². The molecular formula is C20H16N4O6. The van der Waals surface area contributed by atoms with E-state index in [1.54, 1.807) is 13.0 Å². The number of rotatable bonds is 6. The summed E-state index contributed by atoms with van der Waals surface area (Å²) in [6, 6.07) is 12.7. The van der Waals surface area contributed by atoms with E-state index in [1.165, 1.54) is 59.3 Å². The van der Waals surface area contributed by atoms with E-state index < -0.39 is 21.3 Å². The summed E-state index contributed by atoms with van der Waals surface area (Å²) in [5.41, 5.74) is 0.467. The highest BCUT2D eigenvalue weighted by Gasteiger charge is 2.15. The minimum Gasteiger partial charge on any atom is -0.322 e. The lowest BCUT2D eigenvalue weighted by atomic mass is 10.1. The molecule has 0 saturated heterocycles. The van der Waals surface area contributed by atoms with Crippen molar-refractivity contribution in [3.05, 3.63) is 108 Å². The van der Waals surface area contributed by atoms with Crippen LogP contribution in [0.2, 0.25) is 0 Å². The lowest BCUT2D eigenvalue weighted by Gasteiger charge is -2.10. The molecule has 10 nitrogen and oxygen atoms in total. The third kappa shape index (κ3) is 4.38. The highest BCUT2D eigenvalue weighted by molar-refractivity contribution is 6.04. The van der Waals surface area contributed by atoms with Gasteiger partial charge in [0.05, 0.1) is 16.4 Å². The number of nitro benzene ring substituents is 2. The Morgan fingerprint density at radius 2 is 1.70 bits per heavy atom. The lowest BCUT2D eigenvalue weighted by Crippen LogP contribution is -2.29. The van der Waals surface area contributed by atoms with Crippen LogP contribution in [0.5, 0.6) is 0 Å². The fraction of sp³-hybridized carbons (Fsp3) is 0.100. The molecule has 0 atom stereocenters. The Morgan fingerprint density at radius 3 is 2.37 bits per heavy atom. The molecule has 1 amide bonds. The molecule has 152 valence electrons. The fourth-order valence-corrected chi connectivity index (χ4v) is 2.89. The Bertz CT molecular complexity index is 1220. The molecule has 0 aliphatic heterocycles. The topological polar surface area (TPSA) is 137 Å². The number of carbonyl (C=O) groups is 1. The molecular weight excluding hydrogens is 392 g/mol. The predicted molar refractivity (Wildman–Crippen MR) is 109 cm³/mol. The summed E-state index contributed by atoms with van der Waals surface area (Å²) in [4.78, 5) is 46.0. The Labute approximate surface area is 169 Å². The van der Waals surface area contributed by atoms with E-state index in [0.29, 0.717) is 16.8 Å². The second-order valence-electron chi connectivity index (χ2n) is 6.49. The first kappa shape index (κ1) is 20.4. The average molecular weight is 408 g/mol. The van der Waals surface area contributed by atoms with Crippen molar-refractivity contribution >= 4 is 23.0 Å². The van der Waals surface area contributed by atoms with Crippen molar-refractivity contribution in [1.29, 1.82) is 0 Å². The van der Waals surface area contributed by atoms with Gasteiger partial charge in [0.2, 0.25) is 0 Å². The number of benzene rings is 2. The Morgan fingerprint density at radius 1 is 1.00 bits per heavy atom. The van der Waals surface area contributed by atoms with Crippen molar-refractivity contribution in [2.75, 3.05) is 5.32 Å². The van der Waals surface area contributed by atoms with Crippen LogP contribution in [-0.4, -0.2) is 20.3 Å². The van der Waals surface area contributed by atoms with Crippen LogP contribution >= 0.6 is 0 Å². The number of pyridine rings is 1. The molecule has 0 spiro atoms. The monoisotopic (exact) mass is 408 g/mol. The number of carbonyl (C=O) groups excluding carboxylic acids is 1. The van der Waals surface area contributed by atoms with E-state index in [0.717, 1.165) is 0 Å². The standard InChI is InChI=1S/C20H16N4O6/c1-13-10-16(24(29)30)7-8-18(13)21-19(25)17-6-3-9-22(20(17)26)12-14-4-2-5-15(11-14)23(27)28/h2-11H,12H2,1H3,(H,21,25). The summed E-state index contributed by atoms with van der Waals surface area (Å²) in [7, 11) is 0. The summed E-state index contributed by atoms with van der Waals surface area (Å²) in [6.07, 6.45) is 1.48. The molecule has 0 radical (unpaired) electrons. The zero-order chi connectivity index (χ0) is 21.8. The van der Waals surface area contributed by atoms with Gasteiger partial charge in [-0.15, -0.1) is 0 Å². The first-order valence-corrected chi connectivity index (χ1v) is 8.75. The average Bonchev–Trinajstić information content (AvgIpc) is 2.71. The van der Waals surface area contributed by atoms with Gasteiger partial charge in [0, 0.05) is 36.1 Å². The summed E-state index contributed by atoms with van der Waals surface area (Å²) in [5.74, 6) is -0.662. The Balaban J connectivity index is 1.85. The van der Waals surface area contributed by atoms with Crippen LogP contribution in [0, 0.1) is 27.2 Å². The minimum absolute atomic E-state index is 0.0538. The van der Waals surface area contributed by atoms with Gasteiger partial charge in [-0.05, 0) is 36.2 Å². The smallest absolute Gasteiger partial charge is 0.269 e. The van der Waals surface area contributed by atoms with Crippen molar-refractivity contribution in [3.63, 3.8) is 0 Å². The zero-order valence-electron chi connectivity index (χ0n) is 15.8. The van der Waals surface area contributed by atoms with Crippen molar-refractivity contribution < 1.29 is 14.6 Å². The molecule has 10 heteroatoms. The van der Waals surface area contributed by atoms with Gasteiger partial charge in [0.15, 0.2) is 0 Å². The lowest BCUT2D eigenvalue weighted by molar-refractivity contribution is -0.385. The molecule has 1 N–H and O–H groups in total. The number of nitrogens with one attached hydrogen (secondary N) is 1. The van der Waals surface area contributed by atoms with Gasteiger partial charge in [-0.2, -0.15) is 0 Å². The number of amides is 1. The number of nitro groups is 2. The van der Waals surface area contributed by atoms with Crippen molar-refractivity contribution in [3.8, 4) is 0 Å². The molecule has 0 unspecified atom stereocenters. The second-order valence-corrected chi connectivity index (χ2v) is 6.49. The fourth-order valence-electron chi connectivity index (χ4n) is 2.89. The second kappa shape index (κ2) is 8.35. The first-order chi connectivity index (χ1) is 14.3. The van der Waals surface area contributed by atoms with Gasteiger partial charge in [0.1, 0.15) is 5.56 Å². The van der Waals surface area contributed by atoms with Gasteiger partial charge in [0.25, 0.3) is 22.8 Å². The molecule has 0 aliphatic carbocycles. The number of anilines is 1. The van der Waals surface area contributed by atoms with E-state index in [2.05, 4.69) is 5.32 Å². The summed E-state index contributed by atoms with van der Waals surface area (Å²) < 4.78 is 1.27. The quantitative estimate of drug-likeness (QED) is 0.491. The summed E-state index contributed by atoms with van der Waals surface area (Å²) in [6.45, 7) is 1.66. The normalized spacial score (nSPS) is 10.4. The van der Waals surface area contributed by atoms with Gasteiger partial charge in [-0.1, -0.05) is 12.1 Å². The number of non-ortho nitro benzene ring substituents is 2. The van der Waals surface area contributed by atoms with E-state index >= 15 is 0 Å². The van der Waals surface area contributed by atoms with Gasteiger partial charge in [-0.25, -0.2) is 0 Å². The van der Waals surface area contributed by atoms with Gasteiger partial charge < -0.3 is 9.88 Å². The third-order valence-corrected chi connectivity index (χ3v) is 4.41. The zero-order valence-corrected chi connectivity index (χ0v) is 15.8. The Hall–Kier alpha value is -4.34. The van der Waals surface area contributed by atoms with Crippen LogP contribution in [0.4, 0.5) is 17.1 Å². The van der Waals surface area contributed by atoms with Crippen LogP contribution in [-0.2, 0) is 6.54 Å². The third-order valence-electron chi connectivity index (χ3n) is 4.41. The molecule has 30 heavy (non-hydrogen) atoms. The van der Waals surface area contributed by atoms with Crippen molar-refractivity contribution in [2.45, 2.75) is 13.5 Å². The highest BCUT2D eigenvalue weighted by atomic mass is 16.6. The van der Waals surface area contributed by atoms with E-state index in [4.69, 9.17) is 0 Å². The first-order valence-electron chi connectivity index (χ1n) is 8.75. The van der Waals surface area contributed by atoms with Crippen molar-refractivity contribution in [1.82, 2.24) is 4.57 Å². The molecule has 0 fully saturated rings. The van der Waals surface area contributed by atoms with Crippen LogP contribution in [0.1, 0.15) is 21.5 Å². The molecule has 1 heterocycles. The molecule has 1 aromatic heterocycles. The van der Waals surface area contributed by atoms with Crippen LogP contribution < -0.4 is 10.9 Å². The molecule has 0 saturated carbocycles. The summed E-state index contributed by atoms with van der Waals surface area (Å²) >= 11 is 0. The molecule has 2 aromatic carbocycles. The van der Waals surface area contributed by atoms with Crippen LogP contribution in [0.25, 0.3) is 0 Å². The van der Waals surface area contributed by atoms with Crippen molar-refractivity contribution in [2.24, 2.45) is 0 Å². The molecule has 0 aliphatic rings. The number of hydrogen-bond donors (Lipinski definition) is 1. The van der Waals surface area contributed by atoms with Gasteiger partial charge in [-0.3, -0.25) is 29.8 Å². The number of hydrogen-bond acceptors (Lipinski definition) is 6. The number of aromatic nitrogens is 1.